The first kappa shape index (κ1) is 15.3. The Balaban J connectivity index is 2.10. The van der Waals surface area contributed by atoms with E-state index in [0.29, 0.717) is 26.1 Å². The summed E-state index contributed by atoms with van der Waals surface area (Å²) in [5, 5.41) is 0. The van der Waals surface area contributed by atoms with Crippen molar-refractivity contribution in [3.8, 4) is 0 Å². The van der Waals surface area contributed by atoms with Crippen LogP contribution in [0.5, 0.6) is 0 Å². The zero-order chi connectivity index (χ0) is 14.8. The summed E-state index contributed by atoms with van der Waals surface area (Å²) in [5.74, 6) is 0.225. The fourth-order valence-corrected chi connectivity index (χ4v) is 3.23. The minimum absolute atomic E-state index is 0.100. The number of carbonyl (C=O) groups excluding carboxylic acids is 2. The van der Waals surface area contributed by atoms with E-state index in [0.717, 1.165) is 25.8 Å². The molecule has 2 aliphatic rings. The van der Waals surface area contributed by atoms with Crippen molar-refractivity contribution in [1.82, 2.24) is 9.80 Å². The van der Waals surface area contributed by atoms with Gasteiger partial charge in [0, 0.05) is 32.7 Å². The highest BCUT2D eigenvalue weighted by molar-refractivity contribution is 5.90. The van der Waals surface area contributed by atoms with Crippen LogP contribution in [-0.2, 0) is 14.3 Å². The number of piperidine rings is 1. The molecule has 2 rings (SSSR count). The predicted octanol–water partition coefficient (Wildman–Crippen LogP) is 1.41. The molecule has 2 amide bonds. The van der Waals surface area contributed by atoms with Crippen LogP contribution in [0.15, 0.2) is 0 Å². The third-order valence-electron chi connectivity index (χ3n) is 4.12. The van der Waals surface area contributed by atoms with Crippen LogP contribution in [0.25, 0.3) is 0 Å². The highest BCUT2D eigenvalue weighted by atomic mass is 16.5. The molecular formula is C15H26N2O3. The summed E-state index contributed by atoms with van der Waals surface area (Å²) in [6.07, 6.45) is 3.28. The first-order valence-electron chi connectivity index (χ1n) is 7.67. The van der Waals surface area contributed by atoms with E-state index in [1.165, 1.54) is 0 Å². The van der Waals surface area contributed by atoms with Gasteiger partial charge in [-0.25, -0.2) is 0 Å². The van der Waals surface area contributed by atoms with Crippen LogP contribution >= 0.6 is 0 Å². The Bertz CT molecular complexity index is 381. The van der Waals surface area contributed by atoms with Crippen LogP contribution in [0, 0.1) is 0 Å². The number of hydrogen-bond donors (Lipinski definition) is 0. The van der Waals surface area contributed by atoms with Crippen molar-refractivity contribution in [2.45, 2.75) is 58.1 Å². The van der Waals surface area contributed by atoms with Crippen molar-refractivity contribution >= 4 is 11.8 Å². The zero-order valence-corrected chi connectivity index (χ0v) is 12.9. The van der Waals surface area contributed by atoms with E-state index in [2.05, 4.69) is 0 Å². The van der Waals surface area contributed by atoms with Crippen molar-refractivity contribution in [3.63, 3.8) is 0 Å². The minimum atomic E-state index is -0.364. The smallest absolute Gasteiger partial charge is 0.245 e. The Kier molecular flexibility index (Phi) is 4.68. The molecule has 1 atom stereocenters. The molecule has 2 heterocycles. The summed E-state index contributed by atoms with van der Waals surface area (Å²) in [7, 11) is 0. The molecular weight excluding hydrogens is 256 g/mol. The molecule has 0 spiro atoms. The molecule has 0 radical (unpaired) electrons. The average molecular weight is 282 g/mol. The summed E-state index contributed by atoms with van der Waals surface area (Å²) < 4.78 is 5.69. The maximum atomic E-state index is 12.7. The Morgan fingerprint density at radius 2 is 2.00 bits per heavy atom. The van der Waals surface area contributed by atoms with Gasteiger partial charge in [0.2, 0.25) is 11.8 Å². The molecule has 0 bridgehead atoms. The molecule has 5 heteroatoms. The molecule has 2 saturated heterocycles. The Morgan fingerprint density at radius 3 is 2.70 bits per heavy atom. The van der Waals surface area contributed by atoms with E-state index in [1.807, 2.05) is 25.7 Å². The molecule has 114 valence electrons. The largest absolute Gasteiger partial charge is 0.374 e. The van der Waals surface area contributed by atoms with Gasteiger partial charge >= 0.3 is 0 Å². The molecule has 0 aromatic heterocycles. The quantitative estimate of drug-likeness (QED) is 0.783. The third kappa shape index (κ3) is 3.32. The van der Waals surface area contributed by atoms with Gasteiger partial charge in [0.05, 0.1) is 5.60 Å². The lowest BCUT2D eigenvalue weighted by Gasteiger charge is -2.36. The normalized spacial score (nSPS) is 24.6. The highest BCUT2D eigenvalue weighted by Gasteiger charge is 2.39. The van der Waals surface area contributed by atoms with E-state index in [9.17, 15) is 9.59 Å². The van der Waals surface area contributed by atoms with Gasteiger partial charge in [-0.15, -0.1) is 0 Å². The van der Waals surface area contributed by atoms with Crippen molar-refractivity contribution < 1.29 is 14.3 Å². The fraction of sp³-hybridized carbons (Fsp3) is 0.867. The first-order valence-corrected chi connectivity index (χ1v) is 7.67. The van der Waals surface area contributed by atoms with Gasteiger partial charge in [-0.05, 0) is 40.0 Å². The van der Waals surface area contributed by atoms with E-state index < -0.39 is 0 Å². The molecule has 5 nitrogen and oxygen atoms in total. The van der Waals surface area contributed by atoms with Crippen molar-refractivity contribution in [1.29, 1.82) is 0 Å². The van der Waals surface area contributed by atoms with Crippen LogP contribution in [-0.4, -0.2) is 59.5 Å². The molecule has 0 saturated carbocycles. The SMILES string of the molecule is CCOC(C)(C)CN1CCC(=O)N2CCCCC2C1=O. The van der Waals surface area contributed by atoms with Gasteiger partial charge in [0.15, 0.2) is 0 Å². The molecule has 1 unspecified atom stereocenters. The number of hydrogen-bond acceptors (Lipinski definition) is 3. The van der Waals surface area contributed by atoms with Crippen LogP contribution < -0.4 is 0 Å². The lowest BCUT2D eigenvalue weighted by molar-refractivity contribution is -0.145. The van der Waals surface area contributed by atoms with Gasteiger partial charge in [-0.2, -0.15) is 0 Å². The number of rotatable bonds is 4. The lowest BCUT2D eigenvalue weighted by atomic mass is 10.0. The van der Waals surface area contributed by atoms with Crippen LogP contribution in [0.4, 0.5) is 0 Å². The van der Waals surface area contributed by atoms with Gasteiger partial charge in [-0.3, -0.25) is 9.59 Å². The molecule has 20 heavy (non-hydrogen) atoms. The number of nitrogens with zero attached hydrogens (tertiary/aromatic N) is 2. The van der Waals surface area contributed by atoms with Gasteiger partial charge < -0.3 is 14.5 Å². The molecule has 0 aliphatic carbocycles. The predicted molar refractivity (Wildman–Crippen MR) is 76.3 cm³/mol. The molecule has 0 aromatic rings. The zero-order valence-electron chi connectivity index (χ0n) is 12.9. The van der Waals surface area contributed by atoms with E-state index in [1.54, 1.807) is 4.90 Å². The maximum Gasteiger partial charge on any atom is 0.245 e. The maximum absolute atomic E-state index is 12.7. The van der Waals surface area contributed by atoms with E-state index >= 15 is 0 Å². The average Bonchev–Trinajstić information content (AvgIpc) is 2.51. The summed E-state index contributed by atoms with van der Waals surface area (Å²) in [5.41, 5.74) is -0.364. The molecule has 2 aliphatic heterocycles. The van der Waals surface area contributed by atoms with Crippen LogP contribution in [0.2, 0.25) is 0 Å². The fourth-order valence-electron chi connectivity index (χ4n) is 3.23. The molecule has 0 N–H and O–H groups in total. The Hall–Kier alpha value is -1.10. The Morgan fingerprint density at radius 1 is 1.25 bits per heavy atom. The standard InChI is InChI=1S/C15H26N2O3/c1-4-20-15(2,3)11-16-10-8-13(18)17-9-6-5-7-12(17)14(16)19/h12H,4-11H2,1-3H3. The van der Waals surface area contributed by atoms with Crippen LogP contribution in [0.1, 0.15) is 46.5 Å². The number of fused-ring (bicyclic) bond motifs is 1. The van der Waals surface area contributed by atoms with Crippen LogP contribution in [0.3, 0.4) is 0 Å². The van der Waals surface area contributed by atoms with Gasteiger partial charge in [0.1, 0.15) is 6.04 Å². The summed E-state index contributed by atoms with van der Waals surface area (Å²) in [6, 6.07) is -0.240. The number of amides is 2. The number of ether oxygens (including phenoxy) is 1. The second-order valence-electron chi connectivity index (χ2n) is 6.30. The van der Waals surface area contributed by atoms with Gasteiger partial charge in [-0.1, -0.05) is 0 Å². The topological polar surface area (TPSA) is 49.9 Å². The van der Waals surface area contributed by atoms with Crippen molar-refractivity contribution in [2.75, 3.05) is 26.2 Å². The minimum Gasteiger partial charge on any atom is -0.374 e. The molecule has 0 aromatic carbocycles. The second-order valence-corrected chi connectivity index (χ2v) is 6.30. The van der Waals surface area contributed by atoms with E-state index in [-0.39, 0.29) is 23.5 Å². The monoisotopic (exact) mass is 282 g/mol. The van der Waals surface area contributed by atoms with Gasteiger partial charge in [0.25, 0.3) is 0 Å². The van der Waals surface area contributed by atoms with Crippen molar-refractivity contribution in [3.05, 3.63) is 0 Å². The second kappa shape index (κ2) is 6.12. The summed E-state index contributed by atoms with van der Waals surface area (Å²) >= 11 is 0. The van der Waals surface area contributed by atoms with Crippen molar-refractivity contribution in [2.24, 2.45) is 0 Å². The summed E-state index contributed by atoms with van der Waals surface area (Å²) in [4.78, 5) is 28.4. The molecule has 2 fully saturated rings. The lowest BCUT2D eigenvalue weighted by Crippen LogP contribution is -2.52. The first-order chi connectivity index (χ1) is 9.44. The highest BCUT2D eigenvalue weighted by Crippen LogP contribution is 2.24. The Labute approximate surface area is 121 Å². The number of carbonyl (C=O) groups is 2. The van der Waals surface area contributed by atoms with E-state index in [4.69, 9.17) is 4.74 Å². The third-order valence-corrected chi connectivity index (χ3v) is 4.12. The summed E-state index contributed by atoms with van der Waals surface area (Å²) in [6.45, 7) is 8.38.